The first-order valence-corrected chi connectivity index (χ1v) is 12.7. The Labute approximate surface area is 197 Å². The molecule has 3 rings (SSSR count). The molecule has 8 nitrogen and oxygen atoms in total. The fourth-order valence-corrected chi connectivity index (χ4v) is 5.59. The van der Waals surface area contributed by atoms with Crippen LogP contribution in [-0.4, -0.2) is 49.4 Å². The predicted molar refractivity (Wildman–Crippen MR) is 128 cm³/mol. The average Bonchev–Trinajstić information content (AvgIpc) is 3.13. The maximum Gasteiger partial charge on any atom is 0.325 e. The number of carbonyl (C=O) groups excluding carboxylic acids is 2. The van der Waals surface area contributed by atoms with Gasteiger partial charge in [-0.15, -0.1) is 0 Å². The topological polar surface area (TPSA) is 98.0 Å². The van der Waals surface area contributed by atoms with Crippen molar-refractivity contribution >= 4 is 43.5 Å². The van der Waals surface area contributed by atoms with Gasteiger partial charge >= 0.3 is 5.97 Å². The molecule has 176 valence electrons. The van der Waals surface area contributed by atoms with Gasteiger partial charge in [-0.25, -0.2) is 8.42 Å². The van der Waals surface area contributed by atoms with E-state index in [1.807, 2.05) is 18.2 Å². The third-order valence-corrected chi connectivity index (χ3v) is 8.46. The Hall–Kier alpha value is -2.82. The Morgan fingerprint density at radius 3 is 2.39 bits per heavy atom. The van der Waals surface area contributed by atoms with Crippen LogP contribution in [0.15, 0.2) is 52.4 Å². The zero-order valence-electron chi connectivity index (χ0n) is 19.2. The van der Waals surface area contributed by atoms with Crippen molar-refractivity contribution in [2.75, 3.05) is 14.2 Å². The molecule has 0 saturated heterocycles. The number of ether oxygens (including phenoxy) is 1. The van der Waals surface area contributed by atoms with Crippen LogP contribution >= 0.6 is 11.3 Å². The number of esters is 1. The van der Waals surface area contributed by atoms with Gasteiger partial charge in [-0.2, -0.15) is 9.30 Å². The molecule has 0 radical (unpaired) electrons. The Morgan fingerprint density at radius 2 is 1.82 bits per heavy atom. The van der Waals surface area contributed by atoms with Gasteiger partial charge in [0.05, 0.1) is 22.2 Å². The number of nitrogens with zero attached hydrogens (tertiary/aromatic N) is 3. The predicted octanol–water partition coefficient (Wildman–Crippen LogP) is 3.21. The molecule has 0 aliphatic heterocycles. The lowest BCUT2D eigenvalue weighted by Gasteiger charge is -2.20. The van der Waals surface area contributed by atoms with Gasteiger partial charge in [0.1, 0.15) is 6.54 Å². The summed E-state index contributed by atoms with van der Waals surface area (Å²) < 4.78 is 33.9. The normalized spacial score (nSPS) is 12.6. The van der Waals surface area contributed by atoms with Crippen molar-refractivity contribution in [1.29, 1.82) is 0 Å². The average molecular weight is 490 g/mol. The summed E-state index contributed by atoms with van der Waals surface area (Å²) in [7, 11) is -0.828. The van der Waals surface area contributed by atoms with Crippen LogP contribution in [0.3, 0.4) is 0 Å². The molecule has 2 aromatic carbocycles. The van der Waals surface area contributed by atoms with Gasteiger partial charge in [-0.3, -0.25) is 9.59 Å². The van der Waals surface area contributed by atoms with Crippen molar-refractivity contribution in [3.63, 3.8) is 0 Å². The number of aryl methyl sites for hydroxylation is 1. The first-order chi connectivity index (χ1) is 15.6. The molecule has 0 atom stereocenters. The lowest BCUT2D eigenvalue weighted by molar-refractivity contribution is -0.141. The molecule has 0 bridgehead atoms. The molecule has 0 aliphatic rings. The maximum atomic E-state index is 12.9. The molecular weight excluding hydrogens is 462 g/mol. The van der Waals surface area contributed by atoms with Crippen LogP contribution in [0.1, 0.15) is 36.7 Å². The number of hydrogen-bond acceptors (Lipinski definition) is 6. The van der Waals surface area contributed by atoms with Gasteiger partial charge in [0.15, 0.2) is 4.80 Å². The number of hydrogen-bond donors (Lipinski definition) is 0. The highest BCUT2D eigenvalue weighted by Gasteiger charge is 2.23. The van der Waals surface area contributed by atoms with E-state index in [1.165, 1.54) is 54.1 Å². The van der Waals surface area contributed by atoms with Crippen molar-refractivity contribution in [3.8, 4) is 0 Å². The Morgan fingerprint density at radius 1 is 1.15 bits per heavy atom. The van der Waals surface area contributed by atoms with E-state index in [9.17, 15) is 18.0 Å². The first kappa shape index (κ1) is 24.8. The number of methoxy groups -OCH3 is 1. The van der Waals surface area contributed by atoms with Crippen LogP contribution in [0, 0.1) is 0 Å². The fourth-order valence-electron chi connectivity index (χ4n) is 3.13. The van der Waals surface area contributed by atoms with Gasteiger partial charge in [-0.05, 0) is 62.2 Å². The van der Waals surface area contributed by atoms with E-state index < -0.39 is 21.9 Å². The first-order valence-electron chi connectivity index (χ1n) is 10.4. The van der Waals surface area contributed by atoms with Crippen LogP contribution in [0.4, 0.5) is 0 Å². The third kappa shape index (κ3) is 5.23. The molecular formula is C23H27N3O5S2. The van der Waals surface area contributed by atoms with Crippen molar-refractivity contribution in [1.82, 2.24) is 8.87 Å². The highest BCUT2D eigenvalue weighted by atomic mass is 32.2. The van der Waals surface area contributed by atoms with E-state index in [1.54, 1.807) is 18.4 Å². The minimum Gasteiger partial charge on any atom is -0.468 e. The fraction of sp³-hybridized carbons (Fsp3) is 0.348. The van der Waals surface area contributed by atoms with E-state index >= 15 is 0 Å². The highest BCUT2D eigenvalue weighted by Crippen LogP contribution is 2.21. The van der Waals surface area contributed by atoms with Crippen molar-refractivity contribution < 1.29 is 22.7 Å². The second-order valence-corrected chi connectivity index (χ2v) is 10.8. The number of rotatable bonds is 7. The van der Waals surface area contributed by atoms with Crippen LogP contribution in [0.5, 0.6) is 0 Å². The van der Waals surface area contributed by atoms with E-state index in [0.717, 1.165) is 22.2 Å². The summed E-state index contributed by atoms with van der Waals surface area (Å²) in [5.41, 5.74) is 2.17. The summed E-state index contributed by atoms with van der Waals surface area (Å²) in [6.07, 6.45) is 0.859. The van der Waals surface area contributed by atoms with Gasteiger partial charge in [0.2, 0.25) is 10.0 Å². The van der Waals surface area contributed by atoms with Crippen molar-refractivity contribution in [2.24, 2.45) is 4.99 Å². The number of sulfonamides is 1. The summed E-state index contributed by atoms with van der Waals surface area (Å²) in [5.74, 6) is -0.982. The van der Waals surface area contributed by atoms with Gasteiger partial charge < -0.3 is 9.30 Å². The molecule has 33 heavy (non-hydrogen) atoms. The zero-order chi connectivity index (χ0) is 24.3. The van der Waals surface area contributed by atoms with E-state index in [0.29, 0.717) is 4.80 Å². The summed E-state index contributed by atoms with van der Waals surface area (Å²) in [6.45, 7) is 5.54. The third-order valence-electron chi connectivity index (χ3n) is 5.37. The van der Waals surface area contributed by atoms with Crippen LogP contribution < -0.4 is 4.80 Å². The molecule has 3 aromatic rings. The summed E-state index contributed by atoms with van der Waals surface area (Å²) in [5, 5.41) is 0. The Balaban J connectivity index is 2.02. The molecule has 0 fully saturated rings. The molecule has 0 N–H and O–H groups in total. The smallest absolute Gasteiger partial charge is 0.325 e. The standard InChI is InChI=1S/C23H27N3O5S2/c1-6-16-7-12-19-20(13-16)32-23(26(19)14-21(27)31-5)24-22(28)17-8-10-18(11-9-17)33(29,30)25(4)15(2)3/h7-13,15H,6,14H2,1-5H3. The van der Waals surface area contributed by atoms with E-state index in [-0.39, 0.29) is 23.0 Å². The van der Waals surface area contributed by atoms with Crippen LogP contribution in [0.2, 0.25) is 0 Å². The number of carbonyl (C=O) groups is 2. The Kier molecular flexibility index (Phi) is 7.51. The van der Waals surface area contributed by atoms with Crippen LogP contribution in [-0.2, 0) is 32.5 Å². The second kappa shape index (κ2) is 9.98. The molecule has 0 spiro atoms. The van der Waals surface area contributed by atoms with Gasteiger partial charge in [-0.1, -0.05) is 24.3 Å². The highest BCUT2D eigenvalue weighted by molar-refractivity contribution is 7.89. The van der Waals surface area contributed by atoms with Crippen molar-refractivity contribution in [3.05, 3.63) is 58.4 Å². The number of benzene rings is 2. The van der Waals surface area contributed by atoms with E-state index in [2.05, 4.69) is 11.9 Å². The van der Waals surface area contributed by atoms with Crippen LogP contribution in [0.25, 0.3) is 10.2 Å². The maximum absolute atomic E-state index is 12.9. The molecule has 0 unspecified atom stereocenters. The lowest BCUT2D eigenvalue weighted by atomic mass is 10.2. The van der Waals surface area contributed by atoms with E-state index in [4.69, 9.17) is 4.74 Å². The summed E-state index contributed by atoms with van der Waals surface area (Å²) in [4.78, 5) is 29.5. The molecule has 1 amide bonds. The number of fused-ring (bicyclic) bond motifs is 1. The SMILES string of the molecule is CCc1ccc2c(c1)sc(=NC(=O)c1ccc(S(=O)(=O)N(C)C(C)C)cc1)n2CC(=O)OC. The minimum atomic E-state index is -3.65. The van der Waals surface area contributed by atoms with Gasteiger partial charge in [0.25, 0.3) is 5.91 Å². The monoisotopic (exact) mass is 489 g/mol. The zero-order valence-corrected chi connectivity index (χ0v) is 20.9. The number of aromatic nitrogens is 1. The minimum absolute atomic E-state index is 0.0766. The number of amides is 1. The molecule has 0 aliphatic carbocycles. The molecule has 0 saturated carbocycles. The number of thiazole rings is 1. The van der Waals surface area contributed by atoms with Crippen molar-refractivity contribution in [2.45, 2.75) is 44.7 Å². The second-order valence-electron chi connectivity index (χ2n) is 7.76. The molecule has 10 heteroatoms. The summed E-state index contributed by atoms with van der Waals surface area (Å²) >= 11 is 1.31. The molecule has 1 aromatic heterocycles. The quantitative estimate of drug-likeness (QED) is 0.475. The molecule has 1 heterocycles. The van der Waals surface area contributed by atoms with Gasteiger partial charge in [0, 0.05) is 18.7 Å². The summed E-state index contributed by atoms with van der Waals surface area (Å²) in [6, 6.07) is 11.4. The Bertz CT molecular complexity index is 1350. The largest absolute Gasteiger partial charge is 0.468 e. The lowest BCUT2D eigenvalue weighted by Crippen LogP contribution is -2.33.